The third-order valence-corrected chi connectivity index (χ3v) is 3.07. The molecule has 0 aromatic carbocycles. The molecular weight excluding hydrogens is 208 g/mol. The van der Waals surface area contributed by atoms with Crippen LogP contribution < -0.4 is 0 Å². The normalized spacial score (nSPS) is 11.6. The monoisotopic (exact) mass is 222 g/mol. The van der Waals surface area contributed by atoms with E-state index in [1.54, 1.807) is 0 Å². The van der Waals surface area contributed by atoms with E-state index in [1.165, 1.54) is 5.75 Å². The van der Waals surface area contributed by atoms with Crippen LogP contribution in [0.2, 0.25) is 0 Å². The Bertz CT molecular complexity index is 113. The van der Waals surface area contributed by atoms with Gasteiger partial charge in [-0.15, -0.1) is 0 Å². The Balaban J connectivity index is 3.29. The second-order valence-corrected chi connectivity index (χ2v) is 5.68. The van der Waals surface area contributed by atoms with Gasteiger partial charge in [-0.05, 0) is 15.7 Å². The smallest absolute Gasteiger partial charge is 0.0245 e. The quantitative estimate of drug-likeness (QED) is 0.703. The number of hydrogen-bond acceptors (Lipinski definition) is 1. The summed E-state index contributed by atoms with van der Waals surface area (Å²) in [5.41, 5.74) is 0.438. The summed E-state index contributed by atoms with van der Waals surface area (Å²) in [6.07, 6.45) is 0. The molecule has 0 aliphatic carbocycles. The largest absolute Gasteiger partial charge is 0.156 e. The molecule has 10 heavy (non-hydrogen) atoms. The van der Waals surface area contributed by atoms with Crippen LogP contribution >= 0.6 is 27.7 Å². The molecule has 0 N–H and O–H groups in total. The van der Waals surface area contributed by atoms with Crippen molar-refractivity contribution in [1.29, 1.82) is 0 Å². The highest BCUT2D eigenvalue weighted by Crippen LogP contribution is 2.22. The van der Waals surface area contributed by atoms with Crippen LogP contribution in [0.1, 0.15) is 20.8 Å². The molecule has 0 spiro atoms. The molecule has 0 atom stereocenters. The average molecular weight is 223 g/mol. The van der Waals surface area contributed by atoms with E-state index in [-0.39, 0.29) is 0 Å². The number of rotatable bonds is 3. The van der Waals surface area contributed by atoms with Gasteiger partial charge in [0.1, 0.15) is 0 Å². The molecule has 60 valence electrons. The lowest BCUT2D eigenvalue weighted by molar-refractivity contribution is 0.481. The van der Waals surface area contributed by atoms with Crippen LogP contribution in [-0.4, -0.2) is 11.5 Å². The van der Waals surface area contributed by atoms with E-state index >= 15 is 0 Å². The highest BCUT2D eigenvalue weighted by atomic mass is 79.9. The maximum Gasteiger partial charge on any atom is 0.0245 e. The average Bonchev–Trinajstić information content (AvgIpc) is 1.59. The van der Waals surface area contributed by atoms with E-state index in [0.717, 1.165) is 10.2 Å². The molecular formula is C8H15BrS. The van der Waals surface area contributed by atoms with Gasteiger partial charge in [0, 0.05) is 5.75 Å². The zero-order valence-corrected chi connectivity index (χ0v) is 9.31. The molecule has 0 amide bonds. The topological polar surface area (TPSA) is 0 Å². The van der Waals surface area contributed by atoms with Gasteiger partial charge in [-0.3, -0.25) is 0 Å². The number of hydrogen-bond donors (Lipinski definition) is 0. The van der Waals surface area contributed by atoms with Crippen molar-refractivity contribution in [3.8, 4) is 0 Å². The van der Waals surface area contributed by atoms with Crippen molar-refractivity contribution >= 4 is 27.7 Å². The maximum atomic E-state index is 3.77. The molecule has 0 aliphatic rings. The summed E-state index contributed by atoms with van der Waals surface area (Å²) in [6.45, 7) is 10.5. The zero-order chi connectivity index (χ0) is 8.20. The van der Waals surface area contributed by atoms with Gasteiger partial charge in [0.2, 0.25) is 0 Å². The molecule has 0 saturated carbocycles. The molecule has 0 saturated heterocycles. The molecule has 0 radical (unpaired) electrons. The molecule has 0 heterocycles. The fraction of sp³-hybridized carbons (Fsp3) is 0.750. The van der Waals surface area contributed by atoms with Crippen molar-refractivity contribution < 1.29 is 0 Å². The highest BCUT2D eigenvalue weighted by molar-refractivity contribution is 9.11. The van der Waals surface area contributed by atoms with Crippen molar-refractivity contribution in [2.75, 3.05) is 11.5 Å². The zero-order valence-electron chi connectivity index (χ0n) is 6.91. The minimum Gasteiger partial charge on any atom is -0.156 e. The van der Waals surface area contributed by atoms with Gasteiger partial charge in [0.05, 0.1) is 0 Å². The molecule has 0 fully saturated rings. The molecule has 0 aromatic rings. The predicted molar refractivity (Wildman–Crippen MR) is 54.8 cm³/mol. The Morgan fingerprint density at radius 3 is 2.30 bits per heavy atom. The Kier molecular flexibility index (Phi) is 4.70. The maximum absolute atomic E-state index is 3.77. The van der Waals surface area contributed by atoms with Gasteiger partial charge in [0.25, 0.3) is 0 Å². The predicted octanol–water partition coefficient (Wildman–Crippen LogP) is 3.67. The van der Waals surface area contributed by atoms with Crippen molar-refractivity contribution in [2.45, 2.75) is 20.8 Å². The minimum atomic E-state index is 0.438. The van der Waals surface area contributed by atoms with Crippen molar-refractivity contribution in [3.05, 3.63) is 11.1 Å². The lowest BCUT2D eigenvalue weighted by Crippen LogP contribution is -2.08. The summed E-state index contributed by atoms with van der Waals surface area (Å²) in [5.74, 6) is 2.22. The lowest BCUT2D eigenvalue weighted by Gasteiger charge is -2.16. The van der Waals surface area contributed by atoms with Crippen molar-refractivity contribution in [1.82, 2.24) is 0 Å². The standard InChI is InChI=1S/C8H15BrS/c1-7(9)5-10-6-8(2,3)4/h1,5-6H2,2-4H3. The molecule has 0 bridgehead atoms. The SMILES string of the molecule is C=C(Br)CSCC(C)(C)C. The molecule has 2 heteroatoms. The van der Waals surface area contributed by atoms with Gasteiger partial charge in [0.15, 0.2) is 0 Å². The molecule has 0 nitrogen and oxygen atoms in total. The Morgan fingerprint density at radius 2 is 2.00 bits per heavy atom. The van der Waals surface area contributed by atoms with Crippen molar-refractivity contribution in [2.24, 2.45) is 5.41 Å². The first-order valence-corrected chi connectivity index (χ1v) is 5.27. The summed E-state index contributed by atoms with van der Waals surface area (Å²) in [7, 11) is 0. The van der Waals surface area contributed by atoms with Crippen LogP contribution in [-0.2, 0) is 0 Å². The van der Waals surface area contributed by atoms with Gasteiger partial charge in [-0.2, -0.15) is 11.8 Å². The molecule has 0 unspecified atom stereocenters. The third kappa shape index (κ3) is 8.57. The van der Waals surface area contributed by atoms with E-state index in [1.807, 2.05) is 11.8 Å². The number of halogens is 1. The van der Waals surface area contributed by atoms with E-state index in [9.17, 15) is 0 Å². The third-order valence-electron chi connectivity index (χ3n) is 0.794. The Morgan fingerprint density at radius 1 is 1.50 bits per heavy atom. The summed E-state index contributed by atoms with van der Waals surface area (Å²) >= 11 is 5.25. The Labute approximate surface area is 76.6 Å². The second kappa shape index (κ2) is 4.45. The first-order chi connectivity index (χ1) is 4.42. The van der Waals surface area contributed by atoms with Crippen LogP contribution in [0.5, 0.6) is 0 Å². The van der Waals surface area contributed by atoms with Crippen LogP contribution in [0, 0.1) is 5.41 Å². The highest BCUT2D eigenvalue weighted by Gasteiger charge is 2.09. The Hall–Kier alpha value is 0.570. The summed E-state index contributed by atoms with van der Waals surface area (Å²) in [4.78, 5) is 0. The molecule has 0 aliphatic heterocycles. The lowest BCUT2D eigenvalue weighted by atomic mass is 10.0. The van der Waals surface area contributed by atoms with Gasteiger partial charge >= 0.3 is 0 Å². The van der Waals surface area contributed by atoms with Gasteiger partial charge in [-0.25, -0.2) is 0 Å². The fourth-order valence-corrected chi connectivity index (χ4v) is 1.89. The first kappa shape index (κ1) is 10.6. The fourth-order valence-electron chi connectivity index (χ4n) is 0.468. The molecule has 0 rings (SSSR count). The van der Waals surface area contributed by atoms with Crippen molar-refractivity contribution in [3.63, 3.8) is 0 Å². The van der Waals surface area contributed by atoms with Gasteiger partial charge in [-0.1, -0.05) is 43.3 Å². The summed E-state index contributed by atoms with van der Waals surface area (Å²) < 4.78 is 1.08. The van der Waals surface area contributed by atoms with Crippen LogP contribution in [0.25, 0.3) is 0 Å². The molecule has 0 aromatic heterocycles. The number of thioether (sulfide) groups is 1. The second-order valence-electron chi connectivity index (χ2n) is 3.57. The van der Waals surface area contributed by atoms with E-state index < -0.39 is 0 Å². The summed E-state index contributed by atoms with van der Waals surface area (Å²) in [5, 5.41) is 0. The van der Waals surface area contributed by atoms with Crippen LogP contribution in [0.15, 0.2) is 11.1 Å². The van der Waals surface area contributed by atoms with E-state index in [2.05, 4.69) is 43.3 Å². The summed E-state index contributed by atoms with van der Waals surface area (Å²) in [6, 6.07) is 0. The van der Waals surface area contributed by atoms with Gasteiger partial charge < -0.3 is 0 Å². The van der Waals surface area contributed by atoms with Crippen LogP contribution in [0.4, 0.5) is 0 Å². The minimum absolute atomic E-state index is 0.438. The van der Waals surface area contributed by atoms with E-state index in [4.69, 9.17) is 0 Å². The first-order valence-electron chi connectivity index (χ1n) is 3.33. The van der Waals surface area contributed by atoms with Crippen LogP contribution in [0.3, 0.4) is 0 Å². The van der Waals surface area contributed by atoms with E-state index in [0.29, 0.717) is 5.41 Å².